The monoisotopic (exact) mass is 307 g/mol. The molecule has 1 aromatic carbocycles. The quantitative estimate of drug-likeness (QED) is 0.886. The highest BCUT2D eigenvalue weighted by atomic mass is 35.5. The number of hydrogen-bond acceptors (Lipinski definition) is 2. The van der Waals surface area contributed by atoms with Crippen LogP contribution in [0.2, 0.25) is 5.02 Å². The van der Waals surface area contributed by atoms with Gasteiger partial charge in [0, 0.05) is 16.8 Å². The maximum atomic E-state index is 11.3. The molecular formula is C17H22ClNO2. The van der Waals surface area contributed by atoms with Gasteiger partial charge in [-0.1, -0.05) is 30.5 Å². The van der Waals surface area contributed by atoms with Gasteiger partial charge in [-0.3, -0.25) is 4.79 Å². The Labute approximate surface area is 130 Å². The van der Waals surface area contributed by atoms with Crippen LogP contribution >= 0.6 is 11.6 Å². The molecule has 2 fully saturated rings. The molecule has 21 heavy (non-hydrogen) atoms. The number of hydrogen-bond donors (Lipinski definition) is 1. The molecule has 2 aliphatic rings. The maximum absolute atomic E-state index is 11.3. The Kier molecular flexibility index (Phi) is 4.39. The van der Waals surface area contributed by atoms with Gasteiger partial charge in [0.15, 0.2) is 0 Å². The number of carboxylic acid groups (broad SMARTS) is 1. The van der Waals surface area contributed by atoms with Crippen LogP contribution in [0.5, 0.6) is 0 Å². The van der Waals surface area contributed by atoms with Crippen LogP contribution in [0.25, 0.3) is 0 Å². The smallest absolute Gasteiger partial charge is 0.323 e. The molecule has 2 unspecified atom stereocenters. The molecule has 0 aliphatic heterocycles. The topological polar surface area (TPSA) is 40.5 Å². The van der Waals surface area contributed by atoms with Crippen LogP contribution in [0.3, 0.4) is 0 Å². The number of benzene rings is 1. The summed E-state index contributed by atoms with van der Waals surface area (Å²) >= 11 is 6.08. The van der Waals surface area contributed by atoms with Crippen molar-refractivity contribution in [1.29, 1.82) is 0 Å². The first-order valence-corrected chi connectivity index (χ1v) is 8.25. The molecule has 114 valence electrons. The van der Waals surface area contributed by atoms with E-state index in [0.717, 1.165) is 30.4 Å². The zero-order valence-electron chi connectivity index (χ0n) is 12.2. The molecule has 0 aromatic heterocycles. The standard InChI is InChI=1S/C17H22ClNO2/c18-14-4-2-6-16(10-14)19(11-17(20)21)15-5-1-3-13(9-15)12-7-8-12/h2,4,6,10,12-13,15H,1,3,5,7-9,11H2,(H,20,21). The average Bonchev–Trinajstić information content (AvgIpc) is 3.29. The molecule has 0 amide bonds. The van der Waals surface area contributed by atoms with E-state index in [4.69, 9.17) is 11.6 Å². The molecule has 0 saturated heterocycles. The SMILES string of the molecule is O=C(O)CN(c1cccc(Cl)c1)C1CCCC(C2CC2)C1. The van der Waals surface area contributed by atoms with Crippen molar-refractivity contribution in [2.75, 3.05) is 11.4 Å². The van der Waals surface area contributed by atoms with Crippen molar-refractivity contribution in [3.8, 4) is 0 Å². The van der Waals surface area contributed by atoms with Gasteiger partial charge in [-0.15, -0.1) is 0 Å². The lowest BCUT2D eigenvalue weighted by Crippen LogP contribution is -2.42. The lowest BCUT2D eigenvalue weighted by atomic mass is 9.82. The zero-order chi connectivity index (χ0) is 14.8. The Morgan fingerprint density at radius 1 is 1.24 bits per heavy atom. The van der Waals surface area contributed by atoms with Gasteiger partial charge in [0.1, 0.15) is 6.54 Å². The first-order chi connectivity index (χ1) is 10.1. The molecule has 1 aromatic rings. The van der Waals surface area contributed by atoms with Gasteiger partial charge in [-0.05, 0) is 55.7 Å². The van der Waals surface area contributed by atoms with E-state index in [1.165, 1.54) is 25.7 Å². The molecule has 2 aliphatic carbocycles. The van der Waals surface area contributed by atoms with E-state index in [0.29, 0.717) is 11.1 Å². The van der Waals surface area contributed by atoms with Crippen molar-refractivity contribution >= 4 is 23.3 Å². The fraction of sp³-hybridized carbons (Fsp3) is 0.588. The van der Waals surface area contributed by atoms with E-state index >= 15 is 0 Å². The fourth-order valence-electron chi connectivity index (χ4n) is 3.71. The Morgan fingerprint density at radius 2 is 2.05 bits per heavy atom. The number of carboxylic acids is 1. The Hall–Kier alpha value is -1.22. The van der Waals surface area contributed by atoms with Crippen LogP contribution in [0.4, 0.5) is 5.69 Å². The lowest BCUT2D eigenvalue weighted by Gasteiger charge is -2.38. The zero-order valence-corrected chi connectivity index (χ0v) is 12.9. The van der Waals surface area contributed by atoms with Crippen LogP contribution in [-0.2, 0) is 4.79 Å². The van der Waals surface area contributed by atoms with Gasteiger partial charge in [0.05, 0.1) is 0 Å². The molecule has 0 spiro atoms. The van der Waals surface area contributed by atoms with Crippen molar-refractivity contribution in [1.82, 2.24) is 0 Å². The molecule has 4 heteroatoms. The second kappa shape index (κ2) is 6.27. The molecule has 0 radical (unpaired) electrons. The molecular weight excluding hydrogens is 286 g/mol. The summed E-state index contributed by atoms with van der Waals surface area (Å²) in [6.45, 7) is 0.0579. The van der Waals surface area contributed by atoms with E-state index < -0.39 is 5.97 Å². The number of rotatable bonds is 5. The minimum atomic E-state index is -0.775. The summed E-state index contributed by atoms with van der Waals surface area (Å²) in [6.07, 6.45) is 7.48. The summed E-state index contributed by atoms with van der Waals surface area (Å²) in [4.78, 5) is 13.3. The summed E-state index contributed by atoms with van der Waals surface area (Å²) in [5, 5.41) is 9.92. The van der Waals surface area contributed by atoms with E-state index in [-0.39, 0.29) is 6.54 Å². The first kappa shape index (κ1) is 14.7. The number of carbonyl (C=O) groups is 1. The van der Waals surface area contributed by atoms with Gasteiger partial charge < -0.3 is 10.0 Å². The highest BCUT2D eigenvalue weighted by Gasteiger charge is 2.36. The second-order valence-electron chi connectivity index (χ2n) is 6.42. The second-order valence-corrected chi connectivity index (χ2v) is 6.86. The highest BCUT2D eigenvalue weighted by Crippen LogP contribution is 2.45. The fourth-order valence-corrected chi connectivity index (χ4v) is 3.90. The van der Waals surface area contributed by atoms with E-state index in [9.17, 15) is 9.90 Å². The number of nitrogens with zero attached hydrogens (tertiary/aromatic N) is 1. The summed E-state index contributed by atoms with van der Waals surface area (Å²) < 4.78 is 0. The van der Waals surface area contributed by atoms with Gasteiger partial charge in [-0.25, -0.2) is 0 Å². The van der Waals surface area contributed by atoms with Crippen LogP contribution in [0.15, 0.2) is 24.3 Å². The van der Waals surface area contributed by atoms with E-state index in [1.54, 1.807) is 0 Å². The van der Waals surface area contributed by atoms with Crippen molar-refractivity contribution in [3.63, 3.8) is 0 Å². The van der Waals surface area contributed by atoms with Gasteiger partial charge in [0.2, 0.25) is 0 Å². The Balaban J connectivity index is 1.79. The maximum Gasteiger partial charge on any atom is 0.323 e. The minimum absolute atomic E-state index is 0.0579. The number of halogens is 1. The summed E-state index contributed by atoms with van der Waals surface area (Å²) in [5.41, 5.74) is 0.936. The minimum Gasteiger partial charge on any atom is -0.480 e. The van der Waals surface area contributed by atoms with Gasteiger partial charge >= 0.3 is 5.97 Å². The molecule has 3 rings (SSSR count). The van der Waals surface area contributed by atoms with E-state index in [1.807, 2.05) is 29.2 Å². The van der Waals surface area contributed by atoms with Crippen LogP contribution in [0, 0.1) is 11.8 Å². The third-order valence-electron chi connectivity index (χ3n) is 4.86. The third kappa shape index (κ3) is 3.70. The molecule has 2 saturated carbocycles. The summed E-state index contributed by atoms with van der Waals surface area (Å²) in [5.74, 6) is 0.918. The van der Waals surface area contributed by atoms with E-state index in [2.05, 4.69) is 0 Å². The summed E-state index contributed by atoms with van der Waals surface area (Å²) in [6, 6.07) is 7.91. The van der Waals surface area contributed by atoms with Crippen molar-refractivity contribution < 1.29 is 9.90 Å². The van der Waals surface area contributed by atoms with Crippen molar-refractivity contribution in [3.05, 3.63) is 29.3 Å². The predicted molar refractivity (Wildman–Crippen MR) is 84.9 cm³/mol. The highest BCUT2D eigenvalue weighted by molar-refractivity contribution is 6.30. The largest absolute Gasteiger partial charge is 0.480 e. The Morgan fingerprint density at radius 3 is 2.71 bits per heavy atom. The van der Waals surface area contributed by atoms with Gasteiger partial charge in [0.25, 0.3) is 0 Å². The van der Waals surface area contributed by atoms with Crippen molar-refractivity contribution in [2.24, 2.45) is 11.8 Å². The molecule has 3 nitrogen and oxygen atoms in total. The number of anilines is 1. The summed E-state index contributed by atoms with van der Waals surface area (Å²) in [7, 11) is 0. The Bertz CT molecular complexity index is 515. The van der Waals surface area contributed by atoms with Crippen LogP contribution < -0.4 is 4.90 Å². The average molecular weight is 308 g/mol. The molecule has 2 atom stereocenters. The third-order valence-corrected chi connectivity index (χ3v) is 5.10. The predicted octanol–water partition coefficient (Wildman–Crippen LogP) is 4.20. The van der Waals surface area contributed by atoms with Gasteiger partial charge in [-0.2, -0.15) is 0 Å². The molecule has 0 heterocycles. The normalized spacial score (nSPS) is 25.6. The molecule has 1 N–H and O–H groups in total. The van der Waals surface area contributed by atoms with Crippen LogP contribution in [-0.4, -0.2) is 23.7 Å². The number of aliphatic carboxylic acids is 1. The lowest BCUT2D eigenvalue weighted by molar-refractivity contribution is -0.135. The van der Waals surface area contributed by atoms with Crippen LogP contribution in [0.1, 0.15) is 38.5 Å². The molecule has 0 bridgehead atoms. The first-order valence-electron chi connectivity index (χ1n) is 7.87. The van der Waals surface area contributed by atoms with Crippen molar-refractivity contribution in [2.45, 2.75) is 44.6 Å².